The molecule has 6 heteroatoms. The molecule has 5 nitrogen and oxygen atoms in total. The quantitative estimate of drug-likeness (QED) is 0.878. The number of nitrogens with one attached hydrogen (secondary N) is 2. The Morgan fingerprint density at radius 3 is 2.36 bits per heavy atom. The first-order chi connectivity index (χ1) is 12.1. The van der Waals surface area contributed by atoms with E-state index in [0.29, 0.717) is 5.56 Å². The van der Waals surface area contributed by atoms with Gasteiger partial charge in [0.1, 0.15) is 5.82 Å². The first kappa shape index (κ1) is 17.0. The normalized spacial score (nSPS) is 13.6. The minimum absolute atomic E-state index is 0.00769. The summed E-state index contributed by atoms with van der Waals surface area (Å²) < 4.78 is 13.5. The zero-order valence-corrected chi connectivity index (χ0v) is 13.8. The second kappa shape index (κ2) is 7.79. The monoisotopic (exact) mass is 341 g/mol. The number of carbonyl (C=O) groups excluding carboxylic acids is 2. The average molecular weight is 341 g/mol. The van der Waals surface area contributed by atoms with Crippen molar-refractivity contribution in [2.24, 2.45) is 0 Å². The Kier molecular flexibility index (Phi) is 5.28. The smallest absolute Gasteiger partial charge is 0.253 e. The van der Waals surface area contributed by atoms with Crippen LogP contribution >= 0.6 is 0 Å². The summed E-state index contributed by atoms with van der Waals surface area (Å²) in [6, 6.07) is 13.0. The molecule has 1 aliphatic rings. The lowest BCUT2D eigenvalue weighted by Crippen LogP contribution is -2.27. The Morgan fingerprint density at radius 1 is 1.00 bits per heavy atom. The average Bonchev–Trinajstić information content (AvgIpc) is 3.16. The lowest BCUT2D eigenvalue weighted by atomic mass is 10.2. The number of likely N-dealkylation sites (tertiary alicyclic amines) is 1. The highest BCUT2D eigenvalue weighted by Gasteiger charge is 2.19. The molecule has 3 rings (SSSR count). The molecule has 1 aliphatic heterocycles. The van der Waals surface area contributed by atoms with Gasteiger partial charge < -0.3 is 15.5 Å². The van der Waals surface area contributed by atoms with Gasteiger partial charge in [0.25, 0.3) is 5.91 Å². The molecule has 1 fully saturated rings. The van der Waals surface area contributed by atoms with E-state index >= 15 is 0 Å². The van der Waals surface area contributed by atoms with Gasteiger partial charge >= 0.3 is 0 Å². The molecule has 2 aromatic rings. The van der Waals surface area contributed by atoms with E-state index in [1.54, 1.807) is 36.4 Å². The maximum Gasteiger partial charge on any atom is 0.253 e. The summed E-state index contributed by atoms with van der Waals surface area (Å²) in [4.78, 5) is 26.0. The van der Waals surface area contributed by atoms with E-state index in [2.05, 4.69) is 10.6 Å². The lowest BCUT2D eigenvalue weighted by Gasteiger charge is -2.15. The molecular formula is C19H20FN3O2. The van der Waals surface area contributed by atoms with E-state index < -0.39 is 5.82 Å². The van der Waals surface area contributed by atoms with Gasteiger partial charge in [-0.25, -0.2) is 4.39 Å². The molecule has 0 unspecified atom stereocenters. The standard InChI is InChI=1S/C19H20FN3O2/c20-16-5-1-2-6-17(16)22-18(24)13-21-15-9-7-14(8-10-15)19(25)23-11-3-4-12-23/h1-2,5-10,21H,3-4,11-13H2,(H,22,24). The van der Waals surface area contributed by atoms with Crippen LogP contribution in [0.3, 0.4) is 0 Å². The number of para-hydroxylation sites is 1. The topological polar surface area (TPSA) is 61.4 Å². The van der Waals surface area contributed by atoms with Gasteiger partial charge in [-0.1, -0.05) is 12.1 Å². The minimum Gasteiger partial charge on any atom is -0.376 e. The van der Waals surface area contributed by atoms with E-state index in [0.717, 1.165) is 31.6 Å². The van der Waals surface area contributed by atoms with Crippen molar-refractivity contribution in [1.29, 1.82) is 0 Å². The van der Waals surface area contributed by atoms with E-state index in [9.17, 15) is 14.0 Å². The fraction of sp³-hybridized carbons (Fsp3) is 0.263. The molecule has 2 aromatic carbocycles. The van der Waals surface area contributed by atoms with Gasteiger partial charge in [-0.2, -0.15) is 0 Å². The van der Waals surface area contributed by atoms with Gasteiger partial charge in [0, 0.05) is 24.3 Å². The van der Waals surface area contributed by atoms with Crippen LogP contribution in [-0.2, 0) is 4.79 Å². The Hall–Kier alpha value is -2.89. The molecule has 2 amide bonds. The zero-order valence-electron chi connectivity index (χ0n) is 13.8. The van der Waals surface area contributed by atoms with Crippen molar-refractivity contribution in [1.82, 2.24) is 4.90 Å². The van der Waals surface area contributed by atoms with Gasteiger partial charge in [-0.05, 0) is 49.2 Å². The zero-order chi connectivity index (χ0) is 17.6. The predicted octanol–water partition coefficient (Wildman–Crippen LogP) is 3.11. The van der Waals surface area contributed by atoms with Gasteiger partial charge in [0.15, 0.2) is 0 Å². The van der Waals surface area contributed by atoms with Crippen LogP contribution in [0.2, 0.25) is 0 Å². The van der Waals surface area contributed by atoms with Crippen molar-refractivity contribution in [3.05, 3.63) is 59.9 Å². The summed E-state index contributed by atoms with van der Waals surface area (Å²) in [6.07, 6.45) is 2.12. The van der Waals surface area contributed by atoms with E-state index in [1.807, 2.05) is 4.90 Å². The van der Waals surface area contributed by atoms with Crippen LogP contribution in [-0.4, -0.2) is 36.3 Å². The molecule has 1 heterocycles. The number of hydrogen-bond acceptors (Lipinski definition) is 3. The number of amides is 2. The fourth-order valence-corrected chi connectivity index (χ4v) is 2.77. The van der Waals surface area contributed by atoms with Crippen molar-refractivity contribution < 1.29 is 14.0 Å². The summed E-state index contributed by atoms with van der Waals surface area (Å²) in [5.41, 5.74) is 1.52. The number of anilines is 2. The second-order valence-corrected chi connectivity index (χ2v) is 5.96. The molecule has 0 spiro atoms. The number of nitrogens with zero attached hydrogens (tertiary/aromatic N) is 1. The molecular weight excluding hydrogens is 321 g/mol. The van der Waals surface area contributed by atoms with Crippen molar-refractivity contribution in [2.75, 3.05) is 30.3 Å². The lowest BCUT2D eigenvalue weighted by molar-refractivity contribution is -0.114. The van der Waals surface area contributed by atoms with Gasteiger partial charge in [-0.15, -0.1) is 0 Å². The third-order valence-electron chi connectivity index (χ3n) is 4.13. The maximum absolute atomic E-state index is 13.5. The van der Waals surface area contributed by atoms with Crippen LogP contribution in [0.1, 0.15) is 23.2 Å². The summed E-state index contributed by atoms with van der Waals surface area (Å²) in [7, 11) is 0. The minimum atomic E-state index is -0.472. The molecule has 2 N–H and O–H groups in total. The third kappa shape index (κ3) is 4.35. The molecule has 0 bridgehead atoms. The molecule has 0 atom stereocenters. The molecule has 0 aliphatic carbocycles. The van der Waals surface area contributed by atoms with E-state index in [4.69, 9.17) is 0 Å². The molecule has 25 heavy (non-hydrogen) atoms. The highest BCUT2D eigenvalue weighted by atomic mass is 19.1. The number of hydrogen-bond donors (Lipinski definition) is 2. The maximum atomic E-state index is 13.5. The summed E-state index contributed by atoms with van der Waals surface area (Å²) in [6.45, 7) is 1.64. The Labute approximate surface area is 145 Å². The van der Waals surface area contributed by atoms with E-state index in [-0.39, 0.29) is 24.0 Å². The first-order valence-electron chi connectivity index (χ1n) is 8.31. The molecule has 0 radical (unpaired) electrons. The van der Waals surface area contributed by atoms with Crippen LogP contribution in [0.15, 0.2) is 48.5 Å². The van der Waals surface area contributed by atoms with Crippen LogP contribution < -0.4 is 10.6 Å². The van der Waals surface area contributed by atoms with Crippen molar-refractivity contribution in [3.8, 4) is 0 Å². The van der Waals surface area contributed by atoms with Gasteiger partial charge in [-0.3, -0.25) is 9.59 Å². The predicted molar refractivity (Wildman–Crippen MR) is 95.1 cm³/mol. The van der Waals surface area contributed by atoms with Gasteiger partial charge in [0.05, 0.1) is 12.2 Å². The first-order valence-corrected chi connectivity index (χ1v) is 8.31. The number of benzene rings is 2. The van der Waals surface area contributed by atoms with Gasteiger partial charge in [0.2, 0.25) is 5.91 Å². The van der Waals surface area contributed by atoms with E-state index in [1.165, 1.54) is 12.1 Å². The summed E-state index contributed by atoms with van der Waals surface area (Å²) >= 11 is 0. The summed E-state index contributed by atoms with van der Waals surface area (Å²) in [5.74, 6) is -0.774. The third-order valence-corrected chi connectivity index (χ3v) is 4.13. The fourth-order valence-electron chi connectivity index (χ4n) is 2.77. The number of rotatable bonds is 5. The number of carbonyl (C=O) groups is 2. The van der Waals surface area contributed by atoms with Crippen molar-refractivity contribution >= 4 is 23.2 Å². The van der Waals surface area contributed by atoms with Crippen LogP contribution in [0.5, 0.6) is 0 Å². The van der Waals surface area contributed by atoms with Crippen LogP contribution in [0.25, 0.3) is 0 Å². The van der Waals surface area contributed by atoms with Crippen molar-refractivity contribution in [3.63, 3.8) is 0 Å². The summed E-state index contributed by atoms with van der Waals surface area (Å²) in [5, 5.41) is 5.47. The molecule has 1 saturated heterocycles. The Balaban J connectivity index is 1.52. The molecule has 0 saturated carbocycles. The highest BCUT2D eigenvalue weighted by Crippen LogP contribution is 2.16. The number of halogens is 1. The van der Waals surface area contributed by atoms with Crippen LogP contribution in [0.4, 0.5) is 15.8 Å². The molecule has 130 valence electrons. The van der Waals surface area contributed by atoms with Crippen LogP contribution in [0, 0.1) is 5.82 Å². The highest BCUT2D eigenvalue weighted by molar-refractivity contribution is 5.95. The SMILES string of the molecule is O=C(CNc1ccc(C(=O)N2CCCC2)cc1)Nc1ccccc1F. The van der Waals surface area contributed by atoms with Crippen molar-refractivity contribution in [2.45, 2.75) is 12.8 Å². The molecule has 0 aromatic heterocycles. The largest absolute Gasteiger partial charge is 0.376 e. The second-order valence-electron chi connectivity index (χ2n) is 5.96. The Bertz CT molecular complexity index is 756. The Morgan fingerprint density at radius 2 is 1.68 bits per heavy atom.